The molecule has 1 aliphatic rings. The monoisotopic (exact) mass is 449 g/mol. The summed E-state index contributed by atoms with van der Waals surface area (Å²) >= 11 is 2.49. The van der Waals surface area contributed by atoms with Crippen LogP contribution in [-0.4, -0.2) is 40.5 Å². The summed E-state index contributed by atoms with van der Waals surface area (Å²) in [7, 11) is 1.61. The molecule has 0 saturated heterocycles. The van der Waals surface area contributed by atoms with Crippen molar-refractivity contribution in [2.45, 2.75) is 48.5 Å². The van der Waals surface area contributed by atoms with E-state index in [1.165, 1.54) is 35.9 Å². The standard InChI is InChI=1S/C21H27N3O4S2/c1-21(2,18(25)26)30-17-12-22-19(29-17)23-20(27)24(13-14-7-4-5-8-14)15-9-6-10-16(11-15)28-3/h6,9-12,14H,4-5,7-8,13H2,1-3H3,(H,25,26)(H,22,23,27). The number of urea groups is 1. The van der Waals surface area contributed by atoms with Gasteiger partial charge in [0.05, 0.1) is 17.5 Å². The number of thiazole rings is 1. The molecule has 1 fully saturated rings. The number of amides is 2. The highest BCUT2D eigenvalue weighted by atomic mass is 32.2. The average Bonchev–Trinajstić information content (AvgIpc) is 3.37. The minimum atomic E-state index is -0.969. The second kappa shape index (κ2) is 9.70. The number of benzene rings is 1. The fourth-order valence-electron chi connectivity index (χ4n) is 3.35. The van der Waals surface area contributed by atoms with Crippen LogP contribution in [-0.2, 0) is 4.79 Å². The van der Waals surface area contributed by atoms with E-state index in [1.807, 2.05) is 24.3 Å². The van der Waals surface area contributed by atoms with Crippen molar-refractivity contribution in [2.75, 3.05) is 23.9 Å². The number of carboxylic acid groups (broad SMARTS) is 1. The molecular formula is C21H27N3O4S2. The lowest BCUT2D eigenvalue weighted by atomic mass is 10.1. The van der Waals surface area contributed by atoms with Crippen molar-refractivity contribution in [2.24, 2.45) is 5.92 Å². The van der Waals surface area contributed by atoms with Gasteiger partial charge in [-0.2, -0.15) is 0 Å². The van der Waals surface area contributed by atoms with Gasteiger partial charge in [-0.25, -0.2) is 9.78 Å². The van der Waals surface area contributed by atoms with Crippen LogP contribution in [0.25, 0.3) is 0 Å². The molecule has 0 atom stereocenters. The Balaban J connectivity index is 1.75. The molecular weight excluding hydrogens is 422 g/mol. The average molecular weight is 450 g/mol. The van der Waals surface area contributed by atoms with Gasteiger partial charge in [-0.05, 0) is 44.7 Å². The summed E-state index contributed by atoms with van der Waals surface area (Å²) in [6.07, 6.45) is 6.24. The number of aliphatic carboxylic acids is 1. The molecule has 1 heterocycles. The van der Waals surface area contributed by atoms with Crippen LogP contribution < -0.4 is 15.0 Å². The number of ether oxygens (including phenoxy) is 1. The van der Waals surface area contributed by atoms with Crippen LogP contribution in [0.3, 0.4) is 0 Å². The van der Waals surface area contributed by atoms with Crippen LogP contribution in [0.2, 0.25) is 0 Å². The van der Waals surface area contributed by atoms with Gasteiger partial charge in [0.15, 0.2) is 5.13 Å². The molecule has 0 spiro atoms. The topological polar surface area (TPSA) is 91.8 Å². The van der Waals surface area contributed by atoms with Crippen molar-refractivity contribution in [1.29, 1.82) is 0 Å². The molecule has 2 N–H and O–H groups in total. The maximum atomic E-state index is 13.1. The highest BCUT2D eigenvalue weighted by molar-refractivity contribution is 8.03. The van der Waals surface area contributed by atoms with Gasteiger partial charge in [-0.1, -0.05) is 42.0 Å². The molecule has 30 heavy (non-hydrogen) atoms. The fraction of sp³-hybridized carbons (Fsp3) is 0.476. The first-order chi connectivity index (χ1) is 14.3. The lowest BCUT2D eigenvalue weighted by Crippen LogP contribution is -2.38. The maximum Gasteiger partial charge on any atom is 0.328 e. The van der Waals surface area contributed by atoms with Crippen LogP contribution in [0.5, 0.6) is 5.75 Å². The molecule has 7 nitrogen and oxygen atoms in total. The normalized spacial score (nSPS) is 14.5. The van der Waals surface area contributed by atoms with Crippen molar-refractivity contribution < 1.29 is 19.4 Å². The summed E-state index contributed by atoms with van der Waals surface area (Å²) in [4.78, 5) is 30.5. The third-order valence-electron chi connectivity index (χ3n) is 5.09. The highest BCUT2D eigenvalue weighted by Crippen LogP contribution is 2.38. The predicted molar refractivity (Wildman–Crippen MR) is 121 cm³/mol. The van der Waals surface area contributed by atoms with Gasteiger partial charge in [0.25, 0.3) is 0 Å². The van der Waals surface area contributed by atoms with Gasteiger partial charge in [0.2, 0.25) is 0 Å². The molecule has 1 aliphatic carbocycles. The molecule has 1 saturated carbocycles. The molecule has 0 unspecified atom stereocenters. The number of nitrogens with one attached hydrogen (secondary N) is 1. The predicted octanol–water partition coefficient (Wildman–Crippen LogP) is 5.34. The molecule has 9 heteroatoms. The second-order valence-electron chi connectivity index (χ2n) is 7.79. The Morgan fingerprint density at radius 3 is 2.77 bits per heavy atom. The van der Waals surface area contributed by atoms with Crippen LogP contribution in [0.4, 0.5) is 15.6 Å². The first kappa shape index (κ1) is 22.4. The molecule has 2 aromatic rings. The fourth-order valence-corrected chi connectivity index (χ4v) is 5.62. The van der Waals surface area contributed by atoms with E-state index in [9.17, 15) is 14.7 Å². The Labute approximate surface area is 184 Å². The zero-order valence-electron chi connectivity index (χ0n) is 17.4. The number of carboxylic acids is 1. The van der Waals surface area contributed by atoms with E-state index >= 15 is 0 Å². The zero-order valence-corrected chi connectivity index (χ0v) is 19.0. The van der Waals surface area contributed by atoms with E-state index < -0.39 is 10.7 Å². The van der Waals surface area contributed by atoms with Crippen molar-refractivity contribution >= 4 is 45.9 Å². The van der Waals surface area contributed by atoms with Crippen molar-refractivity contribution in [1.82, 2.24) is 4.98 Å². The van der Waals surface area contributed by atoms with Crippen LogP contribution in [0.15, 0.2) is 34.7 Å². The first-order valence-electron chi connectivity index (χ1n) is 9.89. The molecule has 3 rings (SSSR count). The molecule has 162 valence electrons. The summed E-state index contributed by atoms with van der Waals surface area (Å²) in [5.74, 6) is 0.272. The number of carbonyl (C=O) groups is 2. The minimum absolute atomic E-state index is 0.251. The van der Waals surface area contributed by atoms with Gasteiger partial charge >= 0.3 is 12.0 Å². The molecule has 0 radical (unpaired) electrons. The Morgan fingerprint density at radius 1 is 1.37 bits per heavy atom. The first-order valence-corrected chi connectivity index (χ1v) is 11.5. The summed E-state index contributed by atoms with van der Waals surface area (Å²) in [5, 5.41) is 12.6. The molecule has 1 aromatic carbocycles. The Hall–Kier alpha value is -2.26. The lowest BCUT2D eigenvalue weighted by molar-refractivity contribution is -0.138. The molecule has 2 amide bonds. The summed E-state index contributed by atoms with van der Waals surface area (Å²) in [5.41, 5.74) is 0.775. The molecule has 0 aliphatic heterocycles. The number of hydrogen-bond acceptors (Lipinski definition) is 6. The van der Waals surface area contributed by atoms with E-state index in [1.54, 1.807) is 32.1 Å². The number of rotatable bonds is 8. The van der Waals surface area contributed by atoms with Gasteiger partial charge < -0.3 is 9.84 Å². The van der Waals surface area contributed by atoms with E-state index in [0.717, 1.165) is 22.7 Å². The maximum absolute atomic E-state index is 13.1. The number of methoxy groups -OCH3 is 1. The van der Waals surface area contributed by atoms with E-state index in [0.29, 0.717) is 23.3 Å². The summed E-state index contributed by atoms with van der Waals surface area (Å²) < 4.78 is 5.09. The zero-order chi connectivity index (χ0) is 21.7. The van der Waals surface area contributed by atoms with E-state index in [-0.39, 0.29) is 6.03 Å². The van der Waals surface area contributed by atoms with Crippen LogP contribution >= 0.6 is 23.1 Å². The molecule has 1 aromatic heterocycles. The Bertz CT molecular complexity index is 894. The number of aromatic nitrogens is 1. The summed E-state index contributed by atoms with van der Waals surface area (Å²) in [6.45, 7) is 3.92. The number of anilines is 2. The number of thioether (sulfide) groups is 1. The van der Waals surface area contributed by atoms with Gasteiger partial charge in [-0.15, -0.1) is 0 Å². The summed E-state index contributed by atoms with van der Waals surface area (Å²) in [6, 6.07) is 7.22. The van der Waals surface area contributed by atoms with E-state index in [4.69, 9.17) is 4.74 Å². The van der Waals surface area contributed by atoms with E-state index in [2.05, 4.69) is 10.3 Å². The Morgan fingerprint density at radius 2 is 2.10 bits per heavy atom. The lowest BCUT2D eigenvalue weighted by Gasteiger charge is -2.26. The third-order valence-corrected chi connectivity index (χ3v) is 7.29. The van der Waals surface area contributed by atoms with Gasteiger partial charge in [0.1, 0.15) is 10.5 Å². The number of carbonyl (C=O) groups excluding carboxylic acids is 1. The van der Waals surface area contributed by atoms with Crippen molar-refractivity contribution in [3.05, 3.63) is 30.5 Å². The highest BCUT2D eigenvalue weighted by Gasteiger charge is 2.30. The van der Waals surface area contributed by atoms with Crippen molar-refractivity contribution in [3.8, 4) is 5.75 Å². The Kier molecular flexibility index (Phi) is 7.25. The smallest absolute Gasteiger partial charge is 0.328 e. The number of hydrogen-bond donors (Lipinski definition) is 2. The van der Waals surface area contributed by atoms with Gasteiger partial charge in [-0.3, -0.25) is 15.0 Å². The van der Waals surface area contributed by atoms with Crippen LogP contribution in [0.1, 0.15) is 39.5 Å². The van der Waals surface area contributed by atoms with Gasteiger partial charge in [0, 0.05) is 18.3 Å². The molecule has 0 bridgehead atoms. The largest absolute Gasteiger partial charge is 0.497 e. The van der Waals surface area contributed by atoms with Crippen molar-refractivity contribution in [3.63, 3.8) is 0 Å². The second-order valence-corrected chi connectivity index (χ2v) is 10.7. The number of nitrogens with zero attached hydrogens (tertiary/aromatic N) is 2. The quantitative estimate of drug-likeness (QED) is 0.529. The minimum Gasteiger partial charge on any atom is -0.497 e. The SMILES string of the molecule is COc1cccc(N(CC2CCCC2)C(=O)Nc2ncc(SC(C)(C)C(=O)O)s2)c1. The third kappa shape index (κ3) is 5.66. The van der Waals surface area contributed by atoms with Crippen LogP contribution in [0, 0.1) is 5.92 Å².